The average molecular weight is 320 g/mol. The molecule has 1 unspecified atom stereocenters. The van der Waals surface area contributed by atoms with E-state index in [1.807, 2.05) is 5.32 Å². The second-order valence-corrected chi connectivity index (χ2v) is 4.43. The molecule has 0 heterocycles. The van der Waals surface area contributed by atoms with Crippen LogP contribution < -0.4 is 5.32 Å². The average Bonchev–Trinajstić information content (AvgIpc) is 2.31. The minimum Gasteiger partial charge on any atom is -0.480 e. The van der Waals surface area contributed by atoms with Crippen LogP contribution >= 0.6 is 15.9 Å². The highest BCUT2D eigenvalue weighted by Crippen LogP contribution is 2.22. The Hall–Kier alpha value is -1.47. The number of carboxylic acid groups (broad SMARTS) is 1. The summed E-state index contributed by atoms with van der Waals surface area (Å²) < 4.78 is 14.1. The number of aliphatic hydroxyl groups is 1. The Morgan fingerprint density at radius 3 is 2.61 bits per heavy atom. The monoisotopic (exact) mass is 319 g/mol. The third kappa shape index (κ3) is 3.05. The number of carbonyl (C=O) groups excluding carboxylic acids is 1. The molecule has 0 saturated heterocycles. The van der Waals surface area contributed by atoms with Gasteiger partial charge in [-0.1, -0.05) is 15.9 Å². The largest absolute Gasteiger partial charge is 0.480 e. The fourth-order valence-electron chi connectivity index (χ4n) is 1.35. The molecule has 0 spiro atoms. The van der Waals surface area contributed by atoms with Crippen molar-refractivity contribution in [3.8, 4) is 0 Å². The number of amides is 1. The fourth-order valence-corrected chi connectivity index (χ4v) is 1.68. The molecule has 1 amide bonds. The first-order valence-electron chi connectivity index (χ1n) is 4.97. The zero-order chi connectivity index (χ0) is 13.9. The summed E-state index contributed by atoms with van der Waals surface area (Å²) in [4.78, 5) is 22.4. The third-order valence-electron chi connectivity index (χ3n) is 2.36. The Morgan fingerprint density at radius 1 is 1.50 bits per heavy atom. The van der Waals surface area contributed by atoms with Gasteiger partial charge < -0.3 is 15.5 Å². The molecule has 0 saturated carbocycles. The first-order valence-corrected chi connectivity index (χ1v) is 5.77. The van der Waals surface area contributed by atoms with Crippen LogP contribution in [0, 0.1) is 12.7 Å². The number of benzene rings is 1. The maximum absolute atomic E-state index is 13.5. The predicted octanol–water partition coefficient (Wildman–Crippen LogP) is 1.07. The lowest BCUT2D eigenvalue weighted by Crippen LogP contribution is -2.43. The maximum Gasteiger partial charge on any atom is 0.328 e. The molecule has 1 rings (SSSR count). The SMILES string of the molecule is Cc1c(Br)ccc(F)c1C(=O)NC(CO)C(=O)O. The molecular weight excluding hydrogens is 309 g/mol. The number of hydrogen-bond donors (Lipinski definition) is 3. The third-order valence-corrected chi connectivity index (χ3v) is 3.22. The molecule has 0 aromatic heterocycles. The van der Waals surface area contributed by atoms with E-state index < -0.39 is 30.3 Å². The van der Waals surface area contributed by atoms with Crippen LogP contribution in [0.4, 0.5) is 4.39 Å². The highest BCUT2D eigenvalue weighted by molar-refractivity contribution is 9.10. The van der Waals surface area contributed by atoms with Crippen molar-refractivity contribution < 1.29 is 24.2 Å². The van der Waals surface area contributed by atoms with Crippen LogP contribution in [0.2, 0.25) is 0 Å². The van der Waals surface area contributed by atoms with Gasteiger partial charge in [-0.15, -0.1) is 0 Å². The molecule has 1 atom stereocenters. The Kier molecular flexibility index (Phi) is 4.80. The van der Waals surface area contributed by atoms with Crippen molar-refractivity contribution in [1.82, 2.24) is 5.32 Å². The summed E-state index contributed by atoms with van der Waals surface area (Å²) in [6, 6.07) is 1.08. The second-order valence-electron chi connectivity index (χ2n) is 3.58. The lowest BCUT2D eigenvalue weighted by Gasteiger charge is -2.14. The van der Waals surface area contributed by atoms with Crippen molar-refractivity contribution in [2.45, 2.75) is 13.0 Å². The van der Waals surface area contributed by atoms with Gasteiger partial charge in [0.2, 0.25) is 0 Å². The number of carboxylic acids is 1. The van der Waals surface area contributed by atoms with Crippen molar-refractivity contribution in [3.05, 3.63) is 33.5 Å². The number of hydrogen-bond acceptors (Lipinski definition) is 3. The Balaban J connectivity index is 3.05. The Morgan fingerprint density at radius 2 is 2.11 bits per heavy atom. The van der Waals surface area contributed by atoms with E-state index in [0.29, 0.717) is 10.0 Å². The molecule has 0 aliphatic rings. The number of carbonyl (C=O) groups is 2. The quantitative estimate of drug-likeness (QED) is 0.775. The van der Waals surface area contributed by atoms with Crippen molar-refractivity contribution >= 4 is 27.8 Å². The minimum atomic E-state index is -1.46. The Labute approximate surface area is 111 Å². The summed E-state index contributed by atoms with van der Waals surface area (Å²) in [5.74, 6) is -3.03. The number of aliphatic carboxylic acids is 1. The lowest BCUT2D eigenvalue weighted by molar-refractivity contribution is -0.140. The van der Waals surface area contributed by atoms with E-state index >= 15 is 0 Å². The lowest BCUT2D eigenvalue weighted by atomic mass is 10.1. The van der Waals surface area contributed by atoms with Crippen molar-refractivity contribution in [3.63, 3.8) is 0 Å². The van der Waals surface area contributed by atoms with Crippen LogP contribution in [0.5, 0.6) is 0 Å². The zero-order valence-electron chi connectivity index (χ0n) is 9.41. The number of nitrogens with one attached hydrogen (secondary N) is 1. The van der Waals surface area contributed by atoms with E-state index in [0.717, 1.165) is 6.07 Å². The molecule has 0 aliphatic carbocycles. The number of aliphatic hydroxyl groups excluding tert-OH is 1. The summed E-state index contributed by atoms with van der Waals surface area (Å²) in [6.07, 6.45) is 0. The van der Waals surface area contributed by atoms with Crippen LogP contribution in [0.3, 0.4) is 0 Å². The van der Waals surface area contributed by atoms with Crippen molar-refractivity contribution in [2.24, 2.45) is 0 Å². The molecular formula is C11H11BrFNO4. The van der Waals surface area contributed by atoms with Crippen molar-refractivity contribution in [2.75, 3.05) is 6.61 Å². The molecule has 98 valence electrons. The van der Waals surface area contributed by atoms with Gasteiger partial charge in [0.15, 0.2) is 6.04 Å². The maximum atomic E-state index is 13.5. The number of halogens is 2. The van der Waals surface area contributed by atoms with Gasteiger partial charge >= 0.3 is 5.97 Å². The fraction of sp³-hybridized carbons (Fsp3) is 0.273. The van der Waals surface area contributed by atoms with E-state index in [-0.39, 0.29) is 5.56 Å². The van der Waals surface area contributed by atoms with Gasteiger partial charge in [-0.2, -0.15) is 0 Å². The van der Waals surface area contributed by atoms with Gasteiger partial charge in [0.05, 0.1) is 12.2 Å². The standard InChI is InChI=1S/C11H11BrFNO4/c1-5-6(12)2-3-7(13)9(5)10(16)14-8(4-15)11(17)18/h2-3,8,15H,4H2,1H3,(H,14,16)(H,17,18). The predicted molar refractivity (Wildman–Crippen MR) is 64.8 cm³/mol. The van der Waals surface area contributed by atoms with E-state index in [1.54, 1.807) is 0 Å². The highest BCUT2D eigenvalue weighted by atomic mass is 79.9. The van der Waals surface area contributed by atoms with Gasteiger partial charge in [-0.25, -0.2) is 9.18 Å². The normalized spacial score (nSPS) is 12.0. The van der Waals surface area contributed by atoms with Crippen molar-refractivity contribution in [1.29, 1.82) is 0 Å². The molecule has 1 aromatic rings. The van der Waals surface area contributed by atoms with E-state index in [4.69, 9.17) is 10.2 Å². The van der Waals surface area contributed by atoms with Gasteiger partial charge in [0.1, 0.15) is 5.82 Å². The van der Waals surface area contributed by atoms with Crippen LogP contribution in [0.1, 0.15) is 15.9 Å². The number of rotatable bonds is 4. The van der Waals surface area contributed by atoms with Gasteiger partial charge in [-0.3, -0.25) is 4.79 Å². The van der Waals surface area contributed by atoms with E-state index in [9.17, 15) is 14.0 Å². The van der Waals surface area contributed by atoms with Crippen LogP contribution in [-0.4, -0.2) is 34.7 Å². The van der Waals surface area contributed by atoms with Gasteiger partial charge in [0.25, 0.3) is 5.91 Å². The topological polar surface area (TPSA) is 86.6 Å². The van der Waals surface area contributed by atoms with Crippen LogP contribution in [0.15, 0.2) is 16.6 Å². The van der Waals surface area contributed by atoms with Gasteiger partial charge in [0, 0.05) is 4.47 Å². The molecule has 0 aliphatic heterocycles. The molecule has 3 N–H and O–H groups in total. The summed E-state index contributed by atoms with van der Waals surface area (Å²) in [5.41, 5.74) is 0.110. The molecule has 7 heteroatoms. The molecule has 18 heavy (non-hydrogen) atoms. The first kappa shape index (κ1) is 14.6. The molecule has 1 aromatic carbocycles. The summed E-state index contributed by atoms with van der Waals surface area (Å²) in [5, 5.41) is 19.5. The second kappa shape index (κ2) is 5.92. The highest BCUT2D eigenvalue weighted by Gasteiger charge is 2.23. The first-order chi connectivity index (χ1) is 8.38. The summed E-state index contributed by atoms with van der Waals surface area (Å²) in [7, 11) is 0. The van der Waals surface area contributed by atoms with Gasteiger partial charge in [-0.05, 0) is 24.6 Å². The van der Waals surface area contributed by atoms with Crippen LogP contribution in [0.25, 0.3) is 0 Å². The molecule has 0 radical (unpaired) electrons. The van der Waals surface area contributed by atoms with E-state index in [2.05, 4.69) is 15.9 Å². The van der Waals surface area contributed by atoms with E-state index in [1.165, 1.54) is 13.0 Å². The minimum absolute atomic E-state index is 0.246. The zero-order valence-corrected chi connectivity index (χ0v) is 11.0. The molecule has 0 fully saturated rings. The smallest absolute Gasteiger partial charge is 0.328 e. The molecule has 0 bridgehead atoms. The Bertz CT molecular complexity index is 492. The van der Waals surface area contributed by atoms with Crippen LogP contribution in [-0.2, 0) is 4.79 Å². The summed E-state index contributed by atoms with van der Waals surface area (Å²) >= 11 is 3.15. The molecule has 5 nitrogen and oxygen atoms in total. The summed E-state index contributed by atoms with van der Waals surface area (Å²) in [6.45, 7) is 0.756.